The van der Waals surface area contributed by atoms with Crippen molar-refractivity contribution in [2.45, 2.75) is 0 Å². The van der Waals surface area contributed by atoms with Crippen molar-refractivity contribution in [3.63, 3.8) is 0 Å². The predicted octanol–water partition coefficient (Wildman–Crippen LogP) is 1.78. The molecule has 0 saturated heterocycles. The van der Waals surface area contributed by atoms with Crippen LogP contribution in [0.15, 0.2) is 45.7 Å². The van der Waals surface area contributed by atoms with E-state index in [1.54, 1.807) is 24.3 Å². The molecule has 0 atom stereocenters. The van der Waals surface area contributed by atoms with Crippen LogP contribution in [0, 0.1) is 0 Å². The van der Waals surface area contributed by atoms with Crippen molar-refractivity contribution >= 4 is 21.9 Å². The highest BCUT2D eigenvalue weighted by molar-refractivity contribution is 9.10. The lowest BCUT2D eigenvalue weighted by molar-refractivity contribution is 0.0591. The van der Waals surface area contributed by atoms with Gasteiger partial charge in [-0.25, -0.2) is 4.79 Å². The van der Waals surface area contributed by atoms with Gasteiger partial charge in [-0.3, -0.25) is 4.79 Å². The molecule has 92 valence electrons. The molecule has 18 heavy (non-hydrogen) atoms. The second-order valence-corrected chi connectivity index (χ2v) is 4.28. The molecule has 0 N–H and O–H groups in total. The molecule has 0 aliphatic rings. The predicted molar refractivity (Wildman–Crippen MR) is 68.9 cm³/mol. The van der Waals surface area contributed by atoms with E-state index >= 15 is 0 Å². The van der Waals surface area contributed by atoms with Crippen molar-refractivity contribution in [2.75, 3.05) is 7.11 Å². The summed E-state index contributed by atoms with van der Waals surface area (Å²) in [6, 6.07) is 10.2. The summed E-state index contributed by atoms with van der Waals surface area (Å²) in [5.41, 5.74) is 0.302. The second kappa shape index (κ2) is 5.14. The summed E-state index contributed by atoms with van der Waals surface area (Å²) in [5, 5.41) is 3.97. The fraction of sp³-hybridized carbons (Fsp3) is 0.0833. The highest BCUT2D eigenvalue weighted by Gasteiger charge is 2.13. The van der Waals surface area contributed by atoms with Crippen LogP contribution in [0.5, 0.6) is 0 Å². The largest absolute Gasteiger partial charge is 0.464 e. The Labute approximate surface area is 111 Å². The van der Waals surface area contributed by atoms with Gasteiger partial charge >= 0.3 is 5.97 Å². The summed E-state index contributed by atoms with van der Waals surface area (Å²) in [4.78, 5) is 23.4. The maximum Gasteiger partial charge on any atom is 0.358 e. The van der Waals surface area contributed by atoms with Gasteiger partial charge in [0, 0.05) is 0 Å². The monoisotopic (exact) mass is 308 g/mol. The van der Waals surface area contributed by atoms with Crippen molar-refractivity contribution in [1.29, 1.82) is 0 Å². The number of benzene rings is 1. The Hall–Kier alpha value is -1.95. The minimum Gasteiger partial charge on any atom is -0.464 e. The van der Waals surface area contributed by atoms with Gasteiger partial charge in [-0.15, -0.1) is 0 Å². The molecule has 5 nitrogen and oxygen atoms in total. The molecule has 2 aromatic rings. The van der Waals surface area contributed by atoms with Gasteiger partial charge in [-0.2, -0.15) is 9.78 Å². The Bertz CT molecular complexity index is 638. The number of nitrogens with zero attached hydrogens (tertiary/aromatic N) is 2. The van der Waals surface area contributed by atoms with Gasteiger partial charge < -0.3 is 4.74 Å². The summed E-state index contributed by atoms with van der Waals surface area (Å²) in [6.45, 7) is 0. The van der Waals surface area contributed by atoms with Gasteiger partial charge in [0.1, 0.15) is 0 Å². The highest BCUT2D eigenvalue weighted by atomic mass is 79.9. The lowest BCUT2D eigenvalue weighted by atomic mass is 10.3. The molecule has 0 spiro atoms. The number of carbonyl (C=O) groups is 1. The maximum atomic E-state index is 11.9. The van der Waals surface area contributed by atoms with Crippen molar-refractivity contribution < 1.29 is 9.53 Å². The van der Waals surface area contributed by atoms with Gasteiger partial charge in [-0.05, 0) is 34.1 Å². The minimum absolute atomic E-state index is 0.0628. The molecule has 0 radical (unpaired) electrons. The molecule has 0 aliphatic heterocycles. The number of esters is 1. The zero-order valence-electron chi connectivity index (χ0n) is 9.46. The summed E-state index contributed by atoms with van der Waals surface area (Å²) in [7, 11) is 1.26. The van der Waals surface area contributed by atoms with E-state index in [9.17, 15) is 9.59 Å². The number of rotatable bonds is 2. The average Bonchev–Trinajstić information content (AvgIpc) is 2.41. The Morgan fingerprint density at radius 3 is 2.61 bits per heavy atom. The molecule has 6 heteroatoms. The van der Waals surface area contributed by atoms with E-state index in [2.05, 4.69) is 25.8 Å². The molecule has 0 unspecified atom stereocenters. The number of aromatic nitrogens is 2. The maximum absolute atomic E-state index is 11.9. The van der Waals surface area contributed by atoms with Crippen LogP contribution in [0.4, 0.5) is 0 Å². The Balaban J connectivity index is 2.64. The van der Waals surface area contributed by atoms with Crippen LogP contribution in [0.3, 0.4) is 0 Å². The molecular weight excluding hydrogens is 300 g/mol. The van der Waals surface area contributed by atoms with E-state index < -0.39 is 5.97 Å². The molecule has 2 rings (SSSR count). The van der Waals surface area contributed by atoms with E-state index in [1.165, 1.54) is 13.2 Å². The Morgan fingerprint density at radius 2 is 2.00 bits per heavy atom. The molecule has 0 bridgehead atoms. The lowest BCUT2D eigenvalue weighted by Crippen LogP contribution is -2.24. The minimum atomic E-state index is -0.597. The van der Waals surface area contributed by atoms with Crippen LogP contribution in [-0.2, 0) is 4.74 Å². The number of para-hydroxylation sites is 1. The van der Waals surface area contributed by atoms with Gasteiger partial charge in [-0.1, -0.05) is 18.2 Å². The Morgan fingerprint density at radius 1 is 1.33 bits per heavy atom. The molecule has 1 aromatic heterocycles. The third kappa shape index (κ3) is 2.33. The summed E-state index contributed by atoms with van der Waals surface area (Å²) >= 11 is 3.11. The first kappa shape index (κ1) is 12.5. The van der Waals surface area contributed by atoms with Gasteiger partial charge in [0.2, 0.25) is 0 Å². The van der Waals surface area contributed by atoms with Crippen LogP contribution in [-0.4, -0.2) is 22.9 Å². The van der Waals surface area contributed by atoms with Crippen LogP contribution < -0.4 is 5.56 Å². The quantitative estimate of drug-likeness (QED) is 0.793. The smallest absolute Gasteiger partial charge is 0.358 e. The topological polar surface area (TPSA) is 61.2 Å². The number of hydrogen-bond donors (Lipinski definition) is 0. The molecule has 1 heterocycles. The zero-order chi connectivity index (χ0) is 13.1. The van der Waals surface area contributed by atoms with E-state index in [4.69, 9.17) is 0 Å². The molecule has 0 amide bonds. The fourth-order valence-electron chi connectivity index (χ4n) is 1.41. The van der Waals surface area contributed by atoms with E-state index in [-0.39, 0.29) is 15.7 Å². The summed E-state index contributed by atoms with van der Waals surface area (Å²) in [5.74, 6) is -0.597. The molecule has 0 saturated carbocycles. The van der Waals surface area contributed by atoms with Gasteiger partial charge in [0.05, 0.1) is 17.3 Å². The molecule has 1 aromatic carbocycles. The third-order valence-corrected chi connectivity index (χ3v) is 2.83. The fourth-order valence-corrected chi connectivity index (χ4v) is 1.80. The molecule has 0 fully saturated rings. The summed E-state index contributed by atoms with van der Waals surface area (Å²) < 4.78 is 5.99. The molecule has 0 aliphatic carbocycles. The van der Waals surface area contributed by atoms with Crippen LogP contribution in [0.1, 0.15) is 10.5 Å². The Kier molecular flexibility index (Phi) is 3.57. The first-order chi connectivity index (χ1) is 8.63. The van der Waals surface area contributed by atoms with Gasteiger partial charge in [0.25, 0.3) is 5.56 Å². The van der Waals surface area contributed by atoms with Crippen molar-refractivity contribution in [2.24, 2.45) is 0 Å². The standard InChI is InChI=1S/C12H9BrN2O3/c1-18-12(17)10-7-9(13)11(16)15(14-10)8-5-3-2-4-6-8/h2-7H,1H3. The zero-order valence-corrected chi connectivity index (χ0v) is 11.0. The highest BCUT2D eigenvalue weighted by Crippen LogP contribution is 2.09. The molecular formula is C12H9BrN2O3. The first-order valence-corrected chi connectivity index (χ1v) is 5.86. The summed E-state index contributed by atoms with van der Waals surface area (Å²) in [6.07, 6.45) is 0. The lowest BCUT2D eigenvalue weighted by Gasteiger charge is -2.06. The van der Waals surface area contributed by atoms with Crippen molar-refractivity contribution in [3.05, 3.63) is 56.9 Å². The average molecular weight is 309 g/mol. The van der Waals surface area contributed by atoms with Gasteiger partial charge in [0.15, 0.2) is 5.69 Å². The number of hydrogen-bond acceptors (Lipinski definition) is 4. The van der Waals surface area contributed by atoms with Crippen LogP contribution >= 0.6 is 15.9 Å². The number of carbonyl (C=O) groups excluding carboxylic acids is 1. The van der Waals surface area contributed by atoms with E-state index in [1.807, 2.05) is 6.07 Å². The van der Waals surface area contributed by atoms with E-state index in [0.29, 0.717) is 5.69 Å². The van der Waals surface area contributed by atoms with Crippen molar-refractivity contribution in [3.8, 4) is 5.69 Å². The number of methoxy groups -OCH3 is 1. The third-order valence-electron chi connectivity index (χ3n) is 2.26. The van der Waals surface area contributed by atoms with Crippen LogP contribution in [0.2, 0.25) is 0 Å². The number of halogens is 1. The number of ether oxygens (including phenoxy) is 1. The van der Waals surface area contributed by atoms with E-state index in [0.717, 1.165) is 4.68 Å². The first-order valence-electron chi connectivity index (χ1n) is 5.07. The normalized spacial score (nSPS) is 10.1. The van der Waals surface area contributed by atoms with Crippen molar-refractivity contribution in [1.82, 2.24) is 9.78 Å². The SMILES string of the molecule is COC(=O)c1cc(Br)c(=O)n(-c2ccccc2)n1. The second-order valence-electron chi connectivity index (χ2n) is 3.42. The van der Waals surface area contributed by atoms with Crippen LogP contribution in [0.25, 0.3) is 5.69 Å².